The highest BCUT2D eigenvalue weighted by molar-refractivity contribution is 5.79. The van der Waals surface area contributed by atoms with E-state index in [1.54, 1.807) is 0 Å². The molecule has 1 heterocycles. The van der Waals surface area contributed by atoms with Gasteiger partial charge in [-0.2, -0.15) is 0 Å². The van der Waals surface area contributed by atoms with Crippen LogP contribution in [0.3, 0.4) is 0 Å². The summed E-state index contributed by atoms with van der Waals surface area (Å²) in [5.41, 5.74) is 7.14. The van der Waals surface area contributed by atoms with E-state index in [-0.39, 0.29) is 24.3 Å². The zero-order chi connectivity index (χ0) is 24.2. The number of rotatable bonds is 9. The predicted octanol–water partition coefficient (Wildman–Crippen LogP) is 5.27. The smallest absolute Gasteiger partial charge is 0.203 e. The number of benzene rings is 3. The molecule has 5 nitrogen and oxygen atoms in total. The maximum absolute atomic E-state index is 12.0. The van der Waals surface area contributed by atoms with Gasteiger partial charge in [-0.25, -0.2) is 0 Å². The van der Waals surface area contributed by atoms with Gasteiger partial charge in [0.1, 0.15) is 6.61 Å². The van der Waals surface area contributed by atoms with Gasteiger partial charge in [-0.1, -0.05) is 71.8 Å². The van der Waals surface area contributed by atoms with E-state index < -0.39 is 6.61 Å². The Hall–Kier alpha value is -3.44. The van der Waals surface area contributed by atoms with E-state index in [9.17, 15) is 15.3 Å². The molecule has 0 aliphatic carbocycles. The Balaban J connectivity index is 1.82. The fraction of sp³-hybridized carbons (Fsp3) is 0.310. The summed E-state index contributed by atoms with van der Waals surface area (Å²) in [6.45, 7) is 5.83. The molecule has 0 bridgehead atoms. The second-order valence-electron chi connectivity index (χ2n) is 9.22. The minimum absolute atomic E-state index is 0.0154. The van der Waals surface area contributed by atoms with Crippen molar-refractivity contribution in [3.63, 3.8) is 0 Å². The first kappa shape index (κ1) is 23.7. The molecule has 0 amide bonds. The van der Waals surface area contributed by atoms with Crippen molar-refractivity contribution in [1.82, 2.24) is 9.13 Å². The lowest BCUT2D eigenvalue weighted by atomic mass is 9.99. The van der Waals surface area contributed by atoms with Gasteiger partial charge in [-0.3, -0.25) is 10.2 Å². The number of imidazole rings is 1. The molecular formula is C29H33N3O2. The van der Waals surface area contributed by atoms with Gasteiger partial charge in [0.05, 0.1) is 17.1 Å². The van der Waals surface area contributed by atoms with Crippen molar-refractivity contribution in [1.29, 1.82) is 5.41 Å². The number of carbonyl (C=O) groups excluding carboxylic acids is 1. The Labute approximate surface area is 200 Å². The standard InChI is InChI=1S/C29H33N3O2/c1-20-8-12-23(13-9-20)18-25(16-17-26(34)19-33)32-28-7-5-4-6-27(28)31(29(32)30)22(3)24-14-10-21(2)11-15-24/h4-15,22,25,30,33H,16-19H2,1-3H3/t22-,25?/m0/s1. The lowest BCUT2D eigenvalue weighted by Crippen LogP contribution is -2.31. The first-order valence-corrected chi connectivity index (χ1v) is 11.9. The third kappa shape index (κ3) is 4.90. The van der Waals surface area contributed by atoms with Crippen molar-refractivity contribution < 1.29 is 9.90 Å². The zero-order valence-corrected chi connectivity index (χ0v) is 20.2. The first-order chi connectivity index (χ1) is 16.4. The molecule has 0 aliphatic rings. The van der Waals surface area contributed by atoms with E-state index in [1.165, 1.54) is 16.7 Å². The van der Waals surface area contributed by atoms with Crippen molar-refractivity contribution >= 4 is 16.8 Å². The summed E-state index contributed by atoms with van der Waals surface area (Å²) in [7, 11) is 0. The molecule has 0 spiro atoms. The van der Waals surface area contributed by atoms with Gasteiger partial charge in [0.25, 0.3) is 0 Å². The van der Waals surface area contributed by atoms with Crippen molar-refractivity contribution in [3.05, 3.63) is 101 Å². The highest BCUT2D eigenvalue weighted by atomic mass is 16.3. The van der Waals surface area contributed by atoms with Crippen LogP contribution >= 0.6 is 0 Å². The number of aliphatic hydroxyl groups excluding tert-OH is 1. The Morgan fingerprint density at radius 1 is 0.882 bits per heavy atom. The van der Waals surface area contributed by atoms with Gasteiger partial charge in [0.2, 0.25) is 5.62 Å². The van der Waals surface area contributed by atoms with E-state index in [2.05, 4.69) is 90.6 Å². The van der Waals surface area contributed by atoms with Crippen LogP contribution in [0.4, 0.5) is 0 Å². The molecule has 34 heavy (non-hydrogen) atoms. The second-order valence-corrected chi connectivity index (χ2v) is 9.22. The average molecular weight is 456 g/mol. The predicted molar refractivity (Wildman–Crippen MR) is 136 cm³/mol. The summed E-state index contributed by atoms with van der Waals surface area (Å²) in [6, 6.07) is 24.9. The van der Waals surface area contributed by atoms with E-state index >= 15 is 0 Å². The van der Waals surface area contributed by atoms with Crippen molar-refractivity contribution in [2.24, 2.45) is 0 Å². The van der Waals surface area contributed by atoms with Crippen LogP contribution in [-0.2, 0) is 11.2 Å². The minimum Gasteiger partial charge on any atom is -0.389 e. The molecule has 0 aliphatic heterocycles. The van der Waals surface area contributed by atoms with Crippen molar-refractivity contribution in [2.45, 2.75) is 52.1 Å². The van der Waals surface area contributed by atoms with Gasteiger partial charge >= 0.3 is 0 Å². The van der Waals surface area contributed by atoms with Crippen LogP contribution < -0.4 is 5.62 Å². The van der Waals surface area contributed by atoms with Crippen molar-refractivity contribution in [3.8, 4) is 0 Å². The van der Waals surface area contributed by atoms with Crippen LogP contribution in [-0.4, -0.2) is 26.6 Å². The molecule has 2 N–H and O–H groups in total. The summed E-state index contributed by atoms with van der Waals surface area (Å²) in [4.78, 5) is 12.0. The fourth-order valence-corrected chi connectivity index (χ4v) is 4.70. The van der Waals surface area contributed by atoms with Crippen LogP contribution in [0.2, 0.25) is 0 Å². The van der Waals surface area contributed by atoms with Crippen LogP contribution in [0.1, 0.15) is 54.1 Å². The van der Waals surface area contributed by atoms with Gasteiger partial charge in [0.15, 0.2) is 5.78 Å². The zero-order valence-electron chi connectivity index (χ0n) is 20.2. The highest BCUT2D eigenvalue weighted by Gasteiger charge is 2.22. The topological polar surface area (TPSA) is 71.0 Å². The maximum atomic E-state index is 12.0. The molecule has 5 heteroatoms. The molecule has 0 radical (unpaired) electrons. The quantitative estimate of drug-likeness (QED) is 0.361. The Bertz CT molecular complexity index is 1330. The fourth-order valence-electron chi connectivity index (χ4n) is 4.70. The number of ketones is 1. The highest BCUT2D eigenvalue weighted by Crippen LogP contribution is 2.28. The summed E-state index contributed by atoms with van der Waals surface area (Å²) < 4.78 is 4.15. The van der Waals surface area contributed by atoms with Gasteiger partial charge in [-0.05, 0) is 56.9 Å². The molecule has 0 fully saturated rings. The molecule has 2 atom stereocenters. The lowest BCUT2D eigenvalue weighted by molar-refractivity contribution is -0.122. The molecule has 176 valence electrons. The second kappa shape index (κ2) is 10.2. The Morgan fingerprint density at radius 2 is 1.44 bits per heavy atom. The number of Topliss-reactive ketones (excluding diaryl/α,β-unsaturated/α-hetero) is 1. The number of hydrogen-bond donors (Lipinski definition) is 2. The summed E-state index contributed by atoms with van der Waals surface area (Å²) in [5, 5.41) is 18.5. The number of nitrogens with one attached hydrogen (secondary N) is 1. The number of hydrogen-bond acceptors (Lipinski definition) is 3. The summed E-state index contributed by atoms with van der Waals surface area (Å²) in [6.07, 6.45) is 1.56. The molecule has 4 rings (SSSR count). The number of carbonyl (C=O) groups is 1. The molecule has 0 saturated heterocycles. The lowest BCUT2D eigenvalue weighted by Gasteiger charge is -2.20. The number of aryl methyl sites for hydroxylation is 2. The van der Waals surface area contributed by atoms with Crippen molar-refractivity contribution in [2.75, 3.05) is 6.61 Å². The Morgan fingerprint density at radius 3 is 2.03 bits per heavy atom. The van der Waals surface area contributed by atoms with Gasteiger partial charge in [-0.15, -0.1) is 0 Å². The van der Waals surface area contributed by atoms with Crippen LogP contribution in [0.15, 0.2) is 72.8 Å². The maximum Gasteiger partial charge on any atom is 0.203 e. The van der Waals surface area contributed by atoms with Gasteiger partial charge in [0, 0.05) is 12.5 Å². The Kier molecular flexibility index (Phi) is 7.13. The third-order valence-electron chi connectivity index (χ3n) is 6.69. The van der Waals surface area contributed by atoms with Crippen LogP contribution in [0.25, 0.3) is 11.0 Å². The summed E-state index contributed by atoms with van der Waals surface area (Å²) >= 11 is 0. The minimum atomic E-state index is -0.443. The molecule has 3 aromatic carbocycles. The van der Waals surface area contributed by atoms with E-state index in [0.29, 0.717) is 18.5 Å². The number of fused-ring (bicyclic) bond motifs is 1. The van der Waals surface area contributed by atoms with E-state index in [4.69, 9.17) is 0 Å². The summed E-state index contributed by atoms with van der Waals surface area (Å²) in [5.74, 6) is -0.169. The number of nitrogens with zero attached hydrogens (tertiary/aromatic N) is 2. The largest absolute Gasteiger partial charge is 0.389 e. The SMILES string of the molecule is Cc1ccc(CC(CCC(=O)CO)n2c(=N)n([C@@H](C)c3ccc(C)cc3)c3ccccc32)cc1. The number of aliphatic hydroxyl groups is 1. The van der Waals surface area contributed by atoms with E-state index in [1.807, 2.05) is 12.1 Å². The third-order valence-corrected chi connectivity index (χ3v) is 6.69. The molecule has 4 aromatic rings. The number of para-hydroxylation sites is 2. The molecule has 1 unspecified atom stereocenters. The van der Waals surface area contributed by atoms with Crippen LogP contribution in [0.5, 0.6) is 0 Å². The van der Waals surface area contributed by atoms with E-state index in [0.717, 1.165) is 16.6 Å². The molecule has 1 aromatic heterocycles. The van der Waals surface area contributed by atoms with Gasteiger partial charge < -0.3 is 14.2 Å². The normalized spacial score (nSPS) is 13.2. The monoisotopic (exact) mass is 455 g/mol. The molecule has 0 saturated carbocycles. The molecular weight excluding hydrogens is 422 g/mol. The first-order valence-electron chi connectivity index (χ1n) is 11.9. The average Bonchev–Trinajstić information content (AvgIpc) is 3.14. The van der Waals surface area contributed by atoms with Crippen LogP contribution in [0, 0.1) is 19.3 Å². The number of aromatic nitrogens is 2.